The van der Waals surface area contributed by atoms with Gasteiger partial charge < -0.3 is 9.47 Å². The molecule has 0 radical (unpaired) electrons. The number of halogens is 4. The van der Waals surface area contributed by atoms with Crippen molar-refractivity contribution in [3.8, 4) is 5.75 Å². The highest BCUT2D eigenvalue weighted by Gasteiger charge is 2.27. The molecular formula is C11H10BrF3O3. The standard InChI is InChI=1S/C11H10BrF3O3/c1-7-2-9(12)3-8(4-16)10(7)18-6-17-5-11(13,14)15/h2-4H,5-6H2,1H3. The predicted molar refractivity (Wildman–Crippen MR) is 61.8 cm³/mol. The van der Waals surface area contributed by atoms with E-state index in [9.17, 15) is 18.0 Å². The van der Waals surface area contributed by atoms with E-state index in [1.54, 1.807) is 13.0 Å². The third kappa shape index (κ3) is 4.66. The van der Waals surface area contributed by atoms with E-state index in [4.69, 9.17) is 4.74 Å². The Bertz CT molecular complexity index is 432. The largest absolute Gasteiger partial charge is 0.467 e. The first kappa shape index (κ1) is 15.0. The summed E-state index contributed by atoms with van der Waals surface area (Å²) in [4.78, 5) is 10.8. The third-order valence-electron chi connectivity index (χ3n) is 1.95. The fraction of sp³-hybridized carbons (Fsp3) is 0.364. The van der Waals surface area contributed by atoms with E-state index < -0.39 is 19.6 Å². The number of ether oxygens (including phenoxy) is 2. The van der Waals surface area contributed by atoms with Crippen molar-refractivity contribution in [2.24, 2.45) is 0 Å². The minimum atomic E-state index is -4.40. The topological polar surface area (TPSA) is 35.5 Å². The van der Waals surface area contributed by atoms with Crippen LogP contribution in [0, 0.1) is 6.92 Å². The molecule has 0 heterocycles. The van der Waals surface area contributed by atoms with Gasteiger partial charge in [-0.1, -0.05) is 15.9 Å². The number of aldehydes is 1. The van der Waals surface area contributed by atoms with Gasteiger partial charge in [0, 0.05) is 4.47 Å². The molecule has 7 heteroatoms. The van der Waals surface area contributed by atoms with Gasteiger partial charge >= 0.3 is 6.18 Å². The number of carbonyl (C=O) groups is 1. The monoisotopic (exact) mass is 326 g/mol. The first-order chi connectivity index (χ1) is 8.33. The summed E-state index contributed by atoms with van der Waals surface area (Å²) >= 11 is 3.20. The molecule has 0 spiro atoms. The van der Waals surface area contributed by atoms with Crippen LogP contribution < -0.4 is 4.74 Å². The summed E-state index contributed by atoms with van der Waals surface area (Å²) in [5.41, 5.74) is 0.875. The van der Waals surface area contributed by atoms with Crippen molar-refractivity contribution in [1.29, 1.82) is 0 Å². The van der Waals surface area contributed by atoms with E-state index in [1.807, 2.05) is 0 Å². The fourth-order valence-electron chi connectivity index (χ4n) is 1.30. The van der Waals surface area contributed by atoms with Crippen molar-refractivity contribution >= 4 is 22.2 Å². The average Bonchev–Trinajstić information content (AvgIpc) is 2.24. The summed E-state index contributed by atoms with van der Waals surface area (Å²) in [5.74, 6) is 0.218. The molecule has 0 aliphatic rings. The summed E-state index contributed by atoms with van der Waals surface area (Å²) in [7, 11) is 0. The lowest BCUT2D eigenvalue weighted by Crippen LogP contribution is -2.19. The van der Waals surface area contributed by atoms with Crippen molar-refractivity contribution in [1.82, 2.24) is 0 Å². The molecule has 0 fully saturated rings. The van der Waals surface area contributed by atoms with Gasteiger partial charge in [0.1, 0.15) is 12.4 Å². The molecule has 0 aromatic heterocycles. The minimum absolute atomic E-state index is 0.218. The lowest BCUT2D eigenvalue weighted by molar-refractivity contribution is -0.186. The fourth-order valence-corrected chi connectivity index (χ4v) is 1.89. The van der Waals surface area contributed by atoms with Crippen LogP contribution in [0.25, 0.3) is 0 Å². The predicted octanol–water partition coefficient (Wildman–Crippen LogP) is 3.49. The van der Waals surface area contributed by atoms with Crippen LogP contribution >= 0.6 is 15.9 Å². The molecule has 0 aliphatic heterocycles. The van der Waals surface area contributed by atoms with Crippen LogP contribution in [0.4, 0.5) is 13.2 Å². The van der Waals surface area contributed by atoms with E-state index in [1.165, 1.54) is 6.07 Å². The van der Waals surface area contributed by atoms with Gasteiger partial charge in [-0.25, -0.2) is 0 Å². The zero-order valence-electron chi connectivity index (χ0n) is 9.38. The Balaban J connectivity index is 2.65. The number of carbonyl (C=O) groups excluding carboxylic acids is 1. The Morgan fingerprint density at radius 3 is 2.61 bits per heavy atom. The van der Waals surface area contributed by atoms with Gasteiger partial charge in [0.25, 0.3) is 0 Å². The van der Waals surface area contributed by atoms with Crippen molar-refractivity contribution in [2.75, 3.05) is 13.4 Å². The highest BCUT2D eigenvalue weighted by Crippen LogP contribution is 2.27. The lowest BCUT2D eigenvalue weighted by atomic mass is 10.1. The Labute approximate surface area is 110 Å². The number of alkyl halides is 3. The van der Waals surface area contributed by atoms with Crippen LogP contribution in [-0.4, -0.2) is 25.9 Å². The van der Waals surface area contributed by atoms with E-state index >= 15 is 0 Å². The molecule has 1 aromatic carbocycles. The van der Waals surface area contributed by atoms with Gasteiger partial charge in [0.05, 0.1) is 5.56 Å². The van der Waals surface area contributed by atoms with Crippen molar-refractivity contribution in [3.63, 3.8) is 0 Å². The molecule has 0 saturated carbocycles. The number of rotatable bonds is 5. The van der Waals surface area contributed by atoms with Gasteiger partial charge in [-0.2, -0.15) is 13.2 Å². The van der Waals surface area contributed by atoms with E-state index in [0.717, 1.165) is 0 Å². The van der Waals surface area contributed by atoms with Crippen LogP contribution in [0.15, 0.2) is 16.6 Å². The number of hydrogen-bond donors (Lipinski definition) is 0. The first-order valence-corrected chi connectivity index (χ1v) is 5.65. The summed E-state index contributed by atoms with van der Waals surface area (Å²) < 4.78 is 45.5. The van der Waals surface area contributed by atoms with Crippen LogP contribution in [0.2, 0.25) is 0 Å². The van der Waals surface area contributed by atoms with Crippen molar-refractivity contribution < 1.29 is 27.4 Å². The first-order valence-electron chi connectivity index (χ1n) is 4.86. The Morgan fingerprint density at radius 2 is 2.06 bits per heavy atom. The van der Waals surface area contributed by atoms with E-state index in [2.05, 4.69) is 20.7 Å². The van der Waals surface area contributed by atoms with Crippen molar-refractivity contribution in [2.45, 2.75) is 13.1 Å². The van der Waals surface area contributed by atoms with Crippen LogP contribution in [0.1, 0.15) is 15.9 Å². The molecule has 1 aromatic rings. The number of benzene rings is 1. The second-order valence-electron chi connectivity index (χ2n) is 3.48. The van der Waals surface area contributed by atoms with Crippen LogP contribution in [0.3, 0.4) is 0 Å². The highest BCUT2D eigenvalue weighted by molar-refractivity contribution is 9.10. The maximum atomic E-state index is 11.8. The zero-order valence-corrected chi connectivity index (χ0v) is 11.0. The summed E-state index contributed by atoms with van der Waals surface area (Å²) in [6, 6.07) is 3.20. The molecule has 0 saturated heterocycles. The number of hydrogen-bond acceptors (Lipinski definition) is 3. The minimum Gasteiger partial charge on any atom is -0.467 e. The molecule has 18 heavy (non-hydrogen) atoms. The molecule has 100 valence electrons. The SMILES string of the molecule is Cc1cc(Br)cc(C=O)c1OCOCC(F)(F)F. The molecule has 0 aliphatic carbocycles. The second-order valence-corrected chi connectivity index (χ2v) is 4.40. The van der Waals surface area contributed by atoms with Gasteiger partial charge in [-0.15, -0.1) is 0 Å². The smallest absolute Gasteiger partial charge is 0.411 e. The third-order valence-corrected chi connectivity index (χ3v) is 2.41. The molecule has 0 atom stereocenters. The molecule has 0 amide bonds. The molecule has 0 N–H and O–H groups in total. The molecule has 1 rings (SSSR count). The summed E-state index contributed by atoms with van der Waals surface area (Å²) in [6.45, 7) is -0.279. The van der Waals surface area contributed by atoms with Gasteiger partial charge in [0.15, 0.2) is 13.1 Å². The summed E-state index contributed by atoms with van der Waals surface area (Å²) in [6.07, 6.45) is -3.83. The Morgan fingerprint density at radius 1 is 1.39 bits per heavy atom. The molecule has 0 unspecified atom stereocenters. The second kappa shape index (κ2) is 6.19. The highest BCUT2D eigenvalue weighted by atomic mass is 79.9. The Hall–Kier alpha value is -1.08. The van der Waals surface area contributed by atoms with E-state index in [0.29, 0.717) is 16.3 Å². The van der Waals surface area contributed by atoms with Crippen molar-refractivity contribution in [3.05, 3.63) is 27.7 Å². The molecule has 3 nitrogen and oxygen atoms in total. The Kier molecular flexibility index (Phi) is 5.15. The number of aryl methyl sites for hydroxylation is 1. The molecular weight excluding hydrogens is 317 g/mol. The van der Waals surface area contributed by atoms with Gasteiger partial charge in [-0.3, -0.25) is 4.79 Å². The summed E-state index contributed by atoms with van der Waals surface area (Å²) in [5, 5.41) is 0. The molecule has 0 bridgehead atoms. The quantitative estimate of drug-likeness (QED) is 0.472. The van der Waals surface area contributed by atoms with Gasteiger partial charge in [-0.05, 0) is 24.6 Å². The van der Waals surface area contributed by atoms with Gasteiger partial charge in [0.2, 0.25) is 0 Å². The lowest BCUT2D eigenvalue weighted by Gasteiger charge is -2.13. The van der Waals surface area contributed by atoms with Crippen LogP contribution in [0.5, 0.6) is 5.75 Å². The normalized spacial score (nSPS) is 11.4. The zero-order chi connectivity index (χ0) is 13.8. The van der Waals surface area contributed by atoms with Crippen LogP contribution in [-0.2, 0) is 4.74 Å². The maximum absolute atomic E-state index is 11.8. The van der Waals surface area contributed by atoms with E-state index in [-0.39, 0.29) is 11.3 Å². The average molecular weight is 327 g/mol. The maximum Gasteiger partial charge on any atom is 0.411 e.